The number of carbonyl (C=O) groups is 2. The molecule has 1 saturated heterocycles. The summed E-state index contributed by atoms with van der Waals surface area (Å²) in [5, 5.41) is 3.14. The van der Waals surface area contributed by atoms with Gasteiger partial charge in [-0.1, -0.05) is 24.3 Å². The van der Waals surface area contributed by atoms with E-state index in [0.29, 0.717) is 54.1 Å². The van der Waals surface area contributed by atoms with E-state index >= 15 is 0 Å². The molecule has 2 aliphatic rings. The van der Waals surface area contributed by atoms with Crippen molar-refractivity contribution in [1.82, 2.24) is 29.3 Å². The predicted molar refractivity (Wildman–Crippen MR) is 172 cm³/mol. The van der Waals surface area contributed by atoms with Crippen LogP contribution in [-0.2, 0) is 17.9 Å². The number of fused-ring (bicyclic) bond motifs is 3. The molecule has 0 unspecified atom stereocenters. The lowest BCUT2D eigenvalue weighted by Gasteiger charge is -2.32. The minimum Gasteiger partial charge on any atom is -0.486 e. The molecule has 0 aliphatic carbocycles. The van der Waals surface area contributed by atoms with Gasteiger partial charge in [0.2, 0.25) is 0 Å². The quantitative estimate of drug-likeness (QED) is 0.272. The van der Waals surface area contributed by atoms with Gasteiger partial charge >= 0.3 is 0 Å². The third-order valence-corrected chi connectivity index (χ3v) is 8.13. The van der Waals surface area contributed by atoms with Crippen molar-refractivity contribution in [2.45, 2.75) is 32.0 Å². The van der Waals surface area contributed by atoms with Crippen LogP contribution in [0, 0.1) is 0 Å². The molecule has 3 aromatic carbocycles. The van der Waals surface area contributed by atoms with Crippen molar-refractivity contribution in [2.24, 2.45) is 0 Å². The number of hydrogen-bond acceptors (Lipinski definition) is 9. The second kappa shape index (κ2) is 14.2. The highest BCUT2D eigenvalue weighted by Crippen LogP contribution is 2.30. The Morgan fingerprint density at radius 3 is 2.09 bits per heavy atom. The van der Waals surface area contributed by atoms with E-state index in [1.54, 1.807) is 34.9 Å². The van der Waals surface area contributed by atoms with Crippen LogP contribution in [0.2, 0.25) is 0 Å². The Labute approximate surface area is 264 Å². The van der Waals surface area contributed by atoms with Crippen molar-refractivity contribution >= 4 is 34.3 Å². The molecule has 0 saturated carbocycles. The molecule has 1 fully saturated rings. The van der Waals surface area contributed by atoms with Gasteiger partial charge in [-0.2, -0.15) is 0 Å². The van der Waals surface area contributed by atoms with Gasteiger partial charge in [-0.15, -0.1) is 0 Å². The van der Waals surface area contributed by atoms with Crippen LogP contribution in [-0.4, -0.2) is 75.1 Å². The fourth-order valence-corrected chi connectivity index (χ4v) is 5.72. The second-order valence-corrected chi connectivity index (χ2v) is 11.0. The van der Waals surface area contributed by atoms with Crippen LogP contribution in [0.15, 0.2) is 88.7 Å². The zero-order valence-corrected chi connectivity index (χ0v) is 25.2. The zero-order valence-electron chi connectivity index (χ0n) is 25.2. The molecule has 1 N–H and O–H groups in total. The van der Waals surface area contributed by atoms with Crippen molar-refractivity contribution in [2.75, 3.05) is 32.8 Å². The third-order valence-electron chi connectivity index (χ3n) is 8.13. The Balaban J connectivity index is 0.000000221. The highest BCUT2D eigenvalue weighted by molar-refractivity contribution is 5.95. The zero-order chi connectivity index (χ0) is 31.9. The lowest BCUT2D eigenvalue weighted by atomic mass is 10.0. The summed E-state index contributed by atoms with van der Waals surface area (Å²) in [5.41, 5.74) is 3.34. The van der Waals surface area contributed by atoms with Crippen molar-refractivity contribution < 1.29 is 19.1 Å². The van der Waals surface area contributed by atoms with Gasteiger partial charge in [0.05, 0.1) is 41.0 Å². The Morgan fingerprint density at radius 1 is 0.804 bits per heavy atom. The molecule has 12 heteroatoms. The minimum absolute atomic E-state index is 0.0713. The molecule has 5 aromatic rings. The van der Waals surface area contributed by atoms with Gasteiger partial charge in [0.15, 0.2) is 11.5 Å². The first-order chi connectivity index (χ1) is 22.5. The van der Waals surface area contributed by atoms with Crippen molar-refractivity contribution in [3.8, 4) is 11.5 Å². The Hall–Kier alpha value is -5.36. The number of rotatable bonds is 7. The predicted octanol–water partition coefficient (Wildman–Crippen LogP) is 2.66. The first-order valence-electron chi connectivity index (χ1n) is 15.3. The fourth-order valence-electron chi connectivity index (χ4n) is 5.72. The van der Waals surface area contributed by atoms with Crippen LogP contribution in [0.3, 0.4) is 0 Å². The topological polar surface area (TPSA) is 138 Å². The Morgan fingerprint density at radius 2 is 1.41 bits per heavy atom. The summed E-state index contributed by atoms with van der Waals surface area (Å²) in [6.07, 6.45) is 5.08. The smallest absolute Gasteiger partial charge is 0.269 e. The van der Waals surface area contributed by atoms with Crippen molar-refractivity contribution in [3.63, 3.8) is 0 Å². The Bertz CT molecular complexity index is 1980. The largest absolute Gasteiger partial charge is 0.486 e. The van der Waals surface area contributed by atoms with Crippen molar-refractivity contribution in [1.29, 1.82) is 0 Å². The minimum atomic E-state index is -0.254. The molecule has 0 radical (unpaired) electrons. The molecule has 7 rings (SSSR count). The Kier molecular flexibility index (Phi) is 9.44. The highest BCUT2D eigenvalue weighted by atomic mass is 16.6. The molecule has 236 valence electrons. The first-order valence-corrected chi connectivity index (χ1v) is 15.3. The number of aldehydes is 1. The van der Waals surface area contributed by atoms with Crippen molar-refractivity contribution in [3.05, 3.63) is 105 Å². The summed E-state index contributed by atoms with van der Waals surface area (Å²) in [5.74, 6) is 1.22. The number of piperidine rings is 1. The summed E-state index contributed by atoms with van der Waals surface area (Å²) >= 11 is 0. The maximum Gasteiger partial charge on any atom is 0.269 e. The van der Waals surface area contributed by atoms with Gasteiger partial charge in [-0.25, -0.2) is 9.97 Å². The molecule has 1 amide bonds. The lowest BCUT2D eigenvalue weighted by Crippen LogP contribution is -2.45. The molecule has 2 aromatic heterocycles. The number of likely N-dealkylation sites (tertiary alicyclic amines) is 1. The monoisotopic (exact) mass is 622 g/mol. The lowest BCUT2D eigenvalue weighted by molar-refractivity contribution is -0.108. The number of aromatic nitrogens is 4. The summed E-state index contributed by atoms with van der Waals surface area (Å²) in [4.78, 5) is 57.3. The SMILES string of the molecule is O=C(NC1CCN(CCn2c(=O)cnc3ccccc32)CC1)c1ccc2c(c1)OCCO2.O=CCn1c(=O)cnc2ccccc21. The standard InChI is InChI=1S/C24H26N4O4.C10H8N2O2/c29-23-16-25-19-3-1-2-4-20(19)28(23)12-11-27-9-7-18(8-10-27)26-24(30)17-5-6-21-22(15-17)32-14-13-31-21;13-6-5-12-9-4-2-1-3-8(9)11-7-10(12)14/h1-6,15-16,18H,7-14H2,(H,26,30);1-4,6-7H,5H2. The molecule has 46 heavy (non-hydrogen) atoms. The molecule has 0 bridgehead atoms. The summed E-state index contributed by atoms with van der Waals surface area (Å²) < 4.78 is 14.3. The number of benzene rings is 3. The second-order valence-electron chi connectivity index (χ2n) is 11.0. The number of nitrogens with one attached hydrogen (secondary N) is 1. The number of nitrogens with zero attached hydrogens (tertiary/aromatic N) is 5. The van der Waals surface area contributed by atoms with Gasteiger partial charge in [0.1, 0.15) is 19.5 Å². The molecular weight excluding hydrogens is 588 g/mol. The molecule has 4 heterocycles. The number of hydrogen-bond donors (Lipinski definition) is 1. The number of carbonyl (C=O) groups excluding carboxylic acids is 2. The van der Waals surface area contributed by atoms with Gasteiger partial charge < -0.3 is 29.1 Å². The van der Waals surface area contributed by atoms with Gasteiger partial charge in [-0.05, 0) is 55.3 Å². The molecule has 0 spiro atoms. The van der Waals surface area contributed by atoms with E-state index in [4.69, 9.17) is 9.47 Å². The average molecular weight is 623 g/mol. The molecule has 0 atom stereocenters. The van der Waals surface area contributed by atoms with E-state index in [0.717, 1.165) is 43.5 Å². The number of amides is 1. The average Bonchev–Trinajstić information content (AvgIpc) is 3.10. The molecule has 12 nitrogen and oxygen atoms in total. The van der Waals surface area contributed by atoms with Crippen LogP contribution in [0.25, 0.3) is 22.1 Å². The van der Waals surface area contributed by atoms with E-state index in [1.807, 2.05) is 36.4 Å². The fraction of sp³-hybridized carbons (Fsp3) is 0.294. The van der Waals surface area contributed by atoms with Crippen LogP contribution in [0.5, 0.6) is 11.5 Å². The van der Waals surface area contributed by atoms with E-state index < -0.39 is 0 Å². The number of ether oxygens (including phenoxy) is 2. The number of para-hydroxylation sites is 4. The maximum absolute atomic E-state index is 12.7. The van der Waals surface area contributed by atoms with E-state index in [2.05, 4.69) is 20.2 Å². The van der Waals surface area contributed by atoms with Crippen LogP contribution < -0.4 is 25.9 Å². The van der Waals surface area contributed by atoms with E-state index in [-0.39, 0.29) is 29.6 Å². The molecule has 2 aliphatic heterocycles. The van der Waals surface area contributed by atoms with E-state index in [1.165, 1.54) is 17.0 Å². The summed E-state index contributed by atoms with van der Waals surface area (Å²) in [6.45, 7) is 4.27. The third kappa shape index (κ3) is 6.97. The maximum atomic E-state index is 12.7. The molecular formula is C34H34N6O6. The highest BCUT2D eigenvalue weighted by Gasteiger charge is 2.22. The van der Waals surface area contributed by atoms with Gasteiger partial charge in [0, 0.05) is 37.8 Å². The summed E-state index contributed by atoms with van der Waals surface area (Å²) in [7, 11) is 0. The van der Waals surface area contributed by atoms with Crippen LogP contribution >= 0.6 is 0 Å². The first kappa shape index (κ1) is 30.7. The van der Waals surface area contributed by atoms with Crippen LogP contribution in [0.4, 0.5) is 0 Å². The summed E-state index contributed by atoms with van der Waals surface area (Å²) in [6, 6.07) is 20.4. The van der Waals surface area contributed by atoms with Gasteiger partial charge in [-0.3, -0.25) is 19.0 Å². The van der Waals surface area contributed by atoms with Gasteiger partial charge in [0.25, 0.3) is 17.0 Å². The van der Waals surface area contributed by atoms with Crippen LogP contribution in [0.1, 0.15) is 23.2 Å². The normalized spacial score (nSPS) is 14.8. The van der Waals surface area contributed by atoms with E-state index in [9.17, 15) is 19.2 Å².